The molecular weight excluding hydrogens is 156 g/mol. The average Bonchev–Trinajstić information content (AvgIpc) is 2.24. The Hall–Kier alpha value is -0.890. The number of allylic oxidation sites excluding steroid dienone is 3. The molecule has 1 atom stereocenters. The Morgan fingerprint density at radius 1 is 1.36 bits per heavy atom. The molecule has 1 heterocycles. The predicted octanol–water partition coefficient (Wildman–Crippen LogP) is 1.93. The maximum atomic E-state index is 11.3. The van der Waals surface area contributed by atoms with Crippen molar-refractivity contribution in [1.29, 1.82) is 0 Å². The molecule has 1 rings (SSSR count). The zero-order valence-electron chi connectivity index (χ0n) is 6.30. The molecule has 2 heteroatoms. The lowest BCUT2D eigenvalue weighted by Gasteiger charge is -1.93. The van der Waals surface area contributed by atoms with Crippen LogP contribution in [0.1, 0.15) is 0 Å². The molecule has 0 saturated carbocycles. The third kappa shape index (κ3) is 1.26. The van der Waals surface area contributed by atoms with Crippen LogP contribution in [-0.2, 0) is 10.8 Å². The van der Waals surface area contributed by atoms with Gasteiger partial charge in [0.2, 0.25) is 0 Å². The van der Waals surface area contributed by atoms with E-state index in [0.717, 1.165) is 16.1 Å². The van der Waals surface area contributed by atoms with Gasteiger partial charge in [0.1, 0.15) is 0 Å². The van der Waals surface area contributed by atoms with E-state index in [2.05, 4.69) is 19.7 Å². The third-order valence-electron chi connectivity index (χ3n) is 1.59. The maximum absolute atomic E-state index is 11.3. The molecule has 1 nitrogen and oxygen atoms in total. The molecule has 0 aromatic carbocycles. The third-order valence-corrected chi connectivity index (χ3v) is 3.07. The molecule has 0 aromatic rings. The lowest BCUT2D eigenvalue weighted by Crippen LogP contribution is -1.89. The largest absolute Gasteiger partial charge is 0.254 e. The van der Waals surface area contributed by atoms with Crippen molar-refractivity contribution in [1.82, 2.24) is 0 Å². The van der Waals surface area contributed by atoms with E-state index in [-0.39, 0.29) is 0 Å². The smallest absolute Gasteiger partial charge is 0.0580 e. The minimum Gasteiger partial charge on any atom is -0.254 e. The van der Waals surface area contributed by atoms with E-state index in [1.807, 2.05) is 0 Å². The quantitative estimate of drug-likeness (QED) is 0.612. The highest BCUT2D eigenvalue weighted by molar-refractivity contribution is 7.89. The number of hydrogen-bond acceptors (Lipinski definition) is 1. The van der Waals surface area contributed by atoms with Crippen LogP contribution >= 0.6 is 0 Å². The monoisotopic (exact) mass is 166 g/mol. The summed E-state index contributed by atoms with van der Waals surface area (Å²) in [6.07, 6.45) is 3.30. The first-order valence-electron chi connectivity index (χ1n) is 3.26. The van der Waals surface area contributed by atoms with Gasteiger partial charge >= 0.3 is 0 Å². The number of hydrogen-bond donors (Lipinski definition) is 0. The SMILES string of the molecule is C=CC1=C(C=C)S(=O)CC1=C. The van der Waals surface area contributed by atoms with E-state index in [0.29, 0.717) is 5.75 Å². The van der Waals surface area contributed by atoms with E-state index in [1.54, 1.807) is 12.2 Å². The second kappa shape index (κ2) is 3.01. The molecule has 58 valence electrons. The van der Waals surface area contributed by atoms with Crippen LogP contribution in [-0.4, -0.2) is 9.96 Å². The molecule has 1 aliphatic rings. The summed E-state index contributed by atoms with van der Waals surface area (Å²) in [5.74, 6) is 0.530. The Bertz CT molecular complexity index is 256. The minimum absolute atomic E-state index is 0.530. The molecule has 11 heavy (non-hydrogen) atoms. The summed E-state index contributed by atoms with van der Waals surface area (Å²) in [4.78, 5) is 0.769. The van der Waals surface area contributed by atoms with Gasteiger partial charge in [0.15, 0.2) is 0 Å². The van der Waals surface area contributed by atoms with Gasteiger partial charge in [-0.3, -0.25) is 4.21 Å². The maximum Gasteiger partial charge on any atom is 0.0580 e. The highest BCUT2D eigenvalue weighted by atomic mass is 32.2. The topological polar surface area (TPSA) is 17.1 Å². The highest BCUT2D eigenvalue weighted by Crippen LogP contribution is 2.27. The molecule has 0 aromatic heterocycles. The van der Waals surface area contributed by atoms with Crippen LogP contribution in [0.2, 0.25) is 0 Å². The molecule has 0 fully saturated rings. The van der Waals surface area contributed by atoms with Crippen molar-refractivity contribution in [3.8, 4) is 0 Å². The molecular formula is C9H10OS. The fourth-order valence-corrected chi connectivity index (χ4v) is 2.34. The van der Waals surface area contributed by atoms with E-state index < -0.39 is 10.8 Å². The van der Waals surface area contributed by atoms with Crippen molar-refractivity contribution in [3.63, 3.8) is 0 Å². The van der Waals surface area contributed by atoms with Crippen LogP contribution in [0.25, 0.3) is 0 Å². The molecule has 1 unspecified atom stereocenters. The predicted molar refractivity (Wildman–Crippen MR) is 49.6 cm³/mol. The lowest BCUT2D eigenvalue weighted by atomic mass is 10.1. The Labute approximate surface area is 69.3 Å². The summed E-state index contributed by atoms with van der Waals surface area (Å²) in [5.41, 5.74) is 1.80. The Kier molecular flexibility index (Phi) is 2.25. The van der Waals surface area contributed by atoms with Crippen molar-refractivity contribution >= 4 is 10.8 Å². The minimum atomic E-state index is -0.930. The molecule has 1 aliphatic heterocycles. The standard InChI is InChI=1S/C9H10OS/c1-4-8-7(3)6-11(10)9(8)5-2/h4-5H,1-3,6H2. The van der Waals surface area contributed by atoms with Crippen LogP contribution in [0, 0.1) is 0 Å². The van der Waals surface area contributed by atoms with Gasteiger partial charge in [0.25, 0.3) is 0 Å². The zero-order chi connectivity index (χ0) is 8.43. The Morgan fingerprint density at radius 2 is 2.00 bits per heavy atom. The van der Waals surface area contributed by atoms with Crippen molar-refractivity contribution in [2.45, 2.75) is 0 Å². The Balaban J connectivity index is 3.22. The second-order valence-corrected chi connectivity index (χ2v) is 3.70. The van der Waals surface area contributed by atoms with Crippen LogP contribution < -0.4 is 0 Å². The first-order valence-corrected chi connectivity index (χ1v) is 4.58. The van der Waals surface area contributed by atoms with Gasteiger partial charge in [0.05, 0.1) is 16.6 Å². The fraction of sp³-hybridized carbons (Fsp3) is 0.111. The summed E-state index contributed by atoms with van der Waals surface area (Å²) in [6.45, 7) is 11.0. The second-order valence-electron chi connectivity index (χ2n) is 2.28. The van der Waals surface area contributed by atoms with Crippen molar-refractivity contribution in [2.24, 2.45) is 0 Å². The van der Waals surface area contributed by atoms with Gasteiger partial charge in [-0.2, -0.15) is 0 Å². The van der Waals surface area contributed by atoms with Gasteiger partial charge in [-0.25, -0.2) is 0 Å². The van der Waals surface area contributed by atoms with Crippen LogP contribution in [0.5, 0.6) is 0 Å². The molecule has 0 radical (unpaired) electrons. The summed E-state index contributed by atoms with van der Waals surface area (Å²) in [5, 5.41) is 0. The number of rotatable bonds is 2. The average molecular weight is 166 g/mol. The lowest BCUT2D eigenvalue weighted by molar-refractivity contribution is 0.689. The molecule has 0 bridgehead atoms. The van der Waals surface area contributed by atoms with E-state index in [4.69, 9.17) is 0 Å². The van der Waals surface area contributed by atoms with Crippen LogP contribution in [0.4, 0.5) is 0 Å². The van der Waals surface area contributed by atoms with Crippen molar-refractivity contribution in [2.75, 3.05) is 5.75 Å². The van der Waals surface area contributed by atoms with Crippen LogP contribution in [0.15, 0.2) is 47.9 Å². The summed E-state index contributed by atoms with van der Waals surface area (Å²) < 4.78 is 11.3. The zero-order valence-corrected chi connectivity index (χ0v) is 7.12. The molecule has 0 N–H and O–H groups in total. The fourth-order valence-electron chi connectivity index (χ4n) is 1.06. The normalized spacial score (nSPS) is 24.0. The van der Waals surface area contributed by atoms with Gasteiger partial charge < -0.3 is 0 Å². The van der Waals surface area contributed by atoms with E-state index >= 15 is 0 Å². The molecule has 0 aliphatic carbocycles. The highest BCUT2D eigenvalue weighted by Gasteiger charge is 2.20. The van der Waals surface area contributed by atoms with Gasteiger partial charge in [-0.05, 0) is 11.1 Å². The summed E-state index contributed by atoms with van der Waals surface area (Å²) in [6, 6.07) is 0. The molecule has 0 spiro atoms. The van der Waals surface area contributed by atoms with Crippen LogP contribution in [0.3, 0.4) is 0 Å². The van der Waals surface area contributed by atoms with Gasteiger partial charge in [-0.1, -0.05) is 31.9 Å². The van der Waals surface area contributed by atoms with E-state index in [9.17, 15) is 4.21 Å². The van der Waals surface area contributed by atoms with Crippen molar-refractivity contribution in [3.05, 3.63) is 47.9 Å². The summed E-state index contributed by atoms with van der Waals surface area (Å²) >= 11 is 0. The van der Waals surface area contributed by atoms with Crippen molar-refractivity contribution < 1.29 is 4.21 Å². The Morgan fingerprint density at radius 3 is 2.36 bits per heavy atom. The van der Waals surface area contributed by atoms with Gasteiger partial charge in [0, 0.05) is 4.91 Å². The molecule has 0 saturated heterocycles. The summed E-state index contributed by atoms with van der Waals surface area (Å²) in [7, 11) is -0.930. The van der Waals surface area contributed by atoms with Gasteiger partial charge in [-0.15, -0.1) is 0 Å². The molecule has 0 amide bonds. The van der Waals surface area contributed by atoms with E-state index in [1.165, 1.54) is 0 Å². The first-order chi connectivity index (χ1) is 5.20. The first kappa shape index (κ1) is 8.21.